The molecule has 1 atom stereocenters. The minimum Gasteiger partial charge on any atom is -0.288 e. The second-order valence-electron chi connectivity index (χ2n) is 5.13. The first kappa shape index (κ1) is 14.2. The molecule has 0 saturated carbocycles. The number of aryl methyl sites for hydroxylation is 1. The summed E-state index contributed by atoms with van der Waals surface area (Å²) in [5.41, 5.74) is 6.07. The molecule has 6 nitrogen and oxygen atoms in total. The topological polar surface area (TPSA) is 83.0 Å². The molecule has 20 heavy (non-hydrogen) atoms. The van der Waals surface area contributed by atoms with Crippen LogP contribution in [-0.4, -0.2) is 20.9 Å². The highest BCUT2D eigenvalue weighted by atomic mass is 16.1. The fraction of sp³-hybridized carbons (Fsp3) is 0.429. The van der Waals surface area contributed by atoms with Crippen molar-refractivity contribution in [3.05, 3.63) is 39.8 Å². The van der Waals surface area contributed by atoms with Gasteiger partial charge in [-0.1, -0.05) is 18.2 Å². The van der Waals surface area contributed by atoms with Gasteiger partial charge in [0, 0.05) is 0 Å². The van der Waals surface area contributed by atoms with Gasteiger partial charge in [-0.3, -0.25) is 9.78 Å². The van der Waals surface area contributed by atoms with E-state index in [2.05, 4.69) is 38.4 Å². The van der Waals surface area contributed by atoms with Crippen LogP contribution in [0.2, 0.25) is 0 Å². The van der Waals surface area contributed by atoms with E-state index in [1.807, 2.05) is 13.8 Å². The Kier molecular flexibility index (Phi) is 4.12. The second kappa shape index (κ2) is 5.81. The predicted molar refractivity (Wildman–Crippen MR) is 79.7 cm³/mol. The maximum atomic E-state index is 11.4. The number of hydrazone groups is 1. The Morgan fingerprint density at radius 3 is 2.90 bits per heavy atom. The summed E-state index contributed by atoms with van der Waals surface area (Å²) in [7, 11) is 0. The fourth-order valence-corrected chi connectivity index (χ4v) is 1.99. The molecule has 0 amide bonds. The van der Waals surface area contributed by atoms with Gasteiger partial charge in [0.1, 0.15) is 5.69 Å². The van der Waals surface area contributed by atoms with E-state index in [9.17, 15) is 4.79 Å². The second-order valence-corrected chi connectivity index (χ2v) is 5.13. The maximum Gasteiger partial charge on any atom is 0.274 e. The molecule has 6 heteroatoms. The van der Waals surface area contributed by atoms with Crippen LogP contribution in [0.15, 0.2) is 33.7 Å². The van der Waals surface area contributed by atoms with E-state index in [0.717, 1.165) is 29.7 Å². The molecule has 2 rings (SSSR count). The molecule has 2 N–H and O–H groups in total. The van der Waals surface area contributed by atoms with Crippen molar-refractivity contribution in [3.8, 4) is 0 Å². The summed E-state index contributed by atoms with van der Waals surface area (Å²) in [5.74, 6) is 0.667. The molecule has 0 aliphatic heterocycles. The highest BCUT2D eigenvalue weighted by molar-refractivity contribution is 6.01. The van der Waals surface area contributed by atoms with Crippen molar-refractivity contribution in [2.24, 2.45) is 11.0 Å². The van der Waals surface area contributed by atoms with E-state index in [0.29, 0.717) is 11.6 Å². The highest BCUT2D eigenvalue weighted by Gasteiger charge is 2.18. The minimum atomic E-state index is -0.265. The molecule has 0 saturated heterocycles. The minimum absolute atomic E-state index is 0.248. The maximum absolute atomic E-state index is 11.4. The first-order valence-electron chi connectivity index (χ1n) is 6.56. The molecule has 1 aliphatic rings. The van der Waals surface area contributed by atoms with E-state index in [1.54, 1.807) is 6.92 Å². The van der Waals surface area contributed by atoms with Crippen molar-refractivity contribution in [1.82, 2.24) is 15.2 Å². The summed E-state index contributed by atoms with van der Waals surface area (Å²) < 4.78 is 0. The molecule has 106 valence electrons. The van der Waals surface area contributed by atoms with Crippen LogP contribution in [0.1, 0.15) is 32.4 Å². The van der Waals surface area contributed by atoms with Gasteiger partial charge in [0.05, 0.1) is 5.71 Å². The van der Waals surface area contributed by atoms with Gasteiger partial charge in [0.15, 0.2) is 0 Å². The first-order chi connectivity index (χ1) is 9.47. The smallest absolute Gasteiger partial charge is 0.274 e. The summed E-state index contributed by atoms with van der Waals surface area (Å²) in [4.78, 5) is 14.0. The van der Waals surface area contributed by atoms with E-state index < -0.39 is 0 Å². The van der Waals surface area contributed by atoms with Gasteiger partial charge >= 0.3 is 0 Å². The van der Waals surface area contributed by atoms with Crippen LogP contribution in [-0.2, 0) is 0 Å². The molecule has 0 spiro atoms. The number of hydrogen-bond donors (Lipinski definition) is 2. The van der Waals surface area contributed by atoms with Gasteiger partial charge in [-0.25, -0.2) is 5.43 Å². The Morgan fingerprint density at radius 2 is 2.25 bits per heavy atom. The fourth-order valence-electron chi connectivity index (χ4n) is 1.99. The number of nitrogens with one attached hydrogen (secondary N) is 2. The number of aromatic amines is 1. The lowest BCUT2D eigenvalue weighted by Gasteiger charge is -2.22. The summed E-state index contributed by atoms with van der Waals surface area (Å²) in [6.45, 7) is 9.67. The number of anilines is 1. The lowest BCUT2D eigenvalue weighted by atomic mass is 9.85. The average Bonchev–Trinajstić information content (AvgIpc) is 2.41. The molecule has 1 aliphatic carbocycles. The van der Waals surface area contributed by atoms with Crippen molar-refractivity contribution in [3.63, 3.8) is 0 Å². The van der Waals surface area contributed by atoms with Gasteiger partial charge in [-0.15, -0.1) is 10.2 Å². The molecule has 1 aromatic rings. The zero-order valence-electron chi connectivity index (χ0n) is 12.0. The molecule has 0 radical (unpaired) electrons. The zero-order chi connectivity index (χ0) is 14.7. The third kappa shape index (κ3) is 3.20. The molecular weight excluding hydrogens is 254 g/mol. The Balaban J connectivity index is 2.15. The largest absolute Gasteiger partial charge is 0.288 e. The summed E-state index contributed by atoms with van der Waals surface area (Å²) in [5, 5.41) is 11.9. The van der Waals surface area contributed by atoms with Gasteiger partial charge < -0.3 is 0 Å². The molecule has 0 aromatic carbocycles. The van der Waals surface area contributed by atoms with Crippen molar-refractivity contribution in [1.29, 1.82) is 0 Å². The lowest BCUT2D eigenvalue weighted by Crippen LogP contribution is -2.19. The van der Waals surface area contributed by atoms with Crippen LogP contribution in [0.3, 0.4) is 0 Å². The van der Waals surface area contributed by atoms with Gasteiger partial charge in [0.2, 0.25) is 5.95 Å². The van der Waals surface area contributed by atoms with Crippen LogP contribution in [0, 0.1) is 12.8 Å². The van der Waals surface area contributed by atoms with E-state index in [1.165, 1.54) is 0 Å². The van der Waals surface area contributed by atoms with Gasteiger partial charge in [-0.2, -0.15) is 5.10 Å². The SMILES string of the molecule is C=C(C)[C@@H]1CC=C(C)C(=NNc2nnc(C)c(=O)[nH]2)C1. The van der Waals surface area contributed by atoms with Crippen LogP contribution in [0.25, 0.3) is 0 Å². The zero-order valence-corrected chi connectivity index (χ0v) is 12.0. The quantitative estimate of drug-likeness (QED) is 0.653. The Hall–Kier alpha value is -2.24. The predicted octanol–water partition coefficient (Wildman–Crippen LogP) is 2.17. The molecule has 0 bridgehead atoms. The summed E-state index contributed by atoms with van der Waals surface area (Å²) in [6.07, 6.45) is 4.00. The first-order valence-corrected chi connectivity index (χ1v) is 6.56. The Bertz CT molecular complexity index is 641. The lowest BCUT2D eigenvalue weighted by molar-refractivity contribution is 0.639. The molecule has 1 aromatic heterocycles. The van der Waals surface area contributed by atoms with Gasteiger partial charge in [-0.05, 0) is 45.1 Å². The monoisotopic (exact) mass is 273 g/mol. The number of aromatic nitrogens is 3. The third-order valence-corrected chi connectivity index (χ3v) is 3.46. The molecule has 1 heterocycles. The van der Waals surface area contributed by atoms with Crippen LogP contribution in [0.5, 0.6) is 0 Å². The van der Waals surface area contributed by atoms with Crippen LogP contribution < -0.4 is 11.0 Å². The normalized spacial score (nSPS) is 20.6. The van der Waals surface area contributed by atoms with Crippen LogP contribution >= 0.6 is 0 Å². The summed E-state index contributed by atoms with van der Waals surface area (Å²) >= 11 is 0. The number of hydrogen-bond acceptors (Lipinski definition) is 5. The number of nitrogens with zero attached hydrogens (tertiary/aromatic N) is 3. The van der Waals surface area contributed by atoms with E-state index in [4.69, 9.17) is 0 Å². The number of rotatable bonds is 3. The van der Waals surface area contributed by atoms with Gasteiger partial charge in [0.25, 0.3) is 5.56 Å². The average molecular weight is 273 g/mol. The third-order valence-electron chi connectivity index (χ3n) is 3.46. The summed E-state index contributed by atoms with van der Waals surface area (Å²) in [6, 6.07) is 0. The number of allylic oxidation sites excluding steroid dienone is 3. The Labute approximate surface area is 117 Å². The van der Waals surface area contributed by atoms with E-state index >= 15 is 0 Å². The van der Waals surface area contributed by atoms with Crippen LogP contribution in [0.4, 0.5) is 5.95 Å². The molecular formula is C14H19N5O. The Morgan fingerprint density at radius 1 is 1.50 bits per heavy atom. The highest BCUT2D eigenvalue weighted by Crippen LogP contribution is 2.26. The number of H-pyrrole nitrogens is 1. The standard InChI is InChI=1S/C14H19N5O/c1-8(2)11-6-5-9(3)12(7-11)17-19-14-15-13(20)10(4)16-18-14/h5,11H,1,6-7H2,2-4H3,(H2,15,18,19,20)/t11-/m1/s1. The van der Waals surface area contributed by atoms with E-state index in [-0.39, 0.29) is 11.5 Å². The van der Waals surface area contributed by atoms with Crippen molar-refractivity contribution in [2.75, 3.05) is 5.43 Å². The molecule has 0 unspecified atom stereocenters. The molecule has 0 fully saturated rings. The van der Waals surface area contributed by atoms with Crippen molar-refractivity contribution >= 4 is 11.7 Å². The van der Waals surface area contributed by atoms with Crippen molar-refractivity contribution < 1.29 is 0 Å². The van der Waals surface area contributed by atoms with Crippen molar-refractivity contribution in [2.45, 2.75) is 33.6 Å².